The van der Waals surface area contributed by atoms with Gasteiger partial charge in [0.05, 0.1) is 0 Å². The minimum Gasteiger partial charge on any atom is -0.327 e. The number of thiophene rings is 1. The predicted octanol–water partition coefficient (Wildman–Crippen LogP) is 3.47. The Labute approximate surface area is 186 Å². The highest BCUT2D eigenvalue weighted by atomic mass is 32.1. The topological polar surface area (TPSA) is 43.9 Å². The molecule has 0 radical (unpaired) electrons. The molecule has 0 saturated carbocycles. The molecule has 1 atom stereocenters. The highest BCUT2D eigenvalue weighted by Gasteiger charge is 2.42. The van der Waals surface area contributed by atoms with Gasteiger partial charge in [-0.2, -0.15) is 11.3 Å². The van der Waals surface area contributed by atoms with Crippen molar-refractivity contribution in [1.82, 2.24) is 14.7 Å². The molecule has 0 aliphatic carbocycles. The van der Waals surface area contributed by atoms with E-state index in [-0.39, 0.29) is 24.4 Å². The summed E-state index contributed by atoms with van der Waals surface area (Å²) in [6, 6.07) is 20.6. The molecule has 1 unspecified atom stereocenters. The summed E-state index contributed by atoms with van der Waals surface area (Å²) >= 11 is 1.61. The molecule has 2 saturated heterocycles. The SMILES string of the molecule is O=C1C2CN(Cc3ccc(-c4ccccc4)cc3)CCN2C(=O)CN1Cc1ccsc1. The molecular weight excluding hydrogens is 406 g/mol. The molecular formula is C25H25N3O2S. The number of hydrogen-bond donors (Lipinski definition) is 0. The molecule has 6 heteroatoms. The first-order valence-corrected chi connectivity index (χ1v) is 11.6. The molecule has 2 amide bonds. The van der Waals surface area contributed by atoms with E-state index < -0.39 is 0 Å². The van der Waals surface area contributed by atoms with E-state index in [2.05, 4.69) is 41.3 Å². The highest BCUT2D eigenvalue weighted by molar-refractivity contribution is 7.07. The van der Waals surface area contributed by atoms with Crippen molar-refractivity contribution < 1.29 is 9.59 Å². The lowest BCUT2D eigenvalue weighted by Crippen LogP contribution is -2.66. The van der Waals surface area contributed by atoms with Gasteiger partial charge in [-0.25, -0.2) is 0 Å². The van der Waals surface area contributed by atoms with Gasteiger partial charge in [-0.05, 0) is 39.1 Å². The quantitative estimate of drug-likeness (QED) is 0.621. The van der Waals surface area contributed by atoms with Crippen molar-refractivity contribution in [1.29, 1.82) is 0 Å². The molecule has 1 aromatic heterocycles. The molecule has 2 fully saturated rings. The van der Waals surface area contributed by atoms with Gasteiger partial charge < -0.3 is 9.80 Å². The van der Waals surface area contributed by atoms with E-state index in [4.69, 9.17) is 0 Å². The van der Waals surface area contributed by atoms with Crippen LogP contribution in [0.2, 0.25) is 0 Å². The van der Waals surface area contributed by atoms with Crippen molar-refractivity contribution in [2.75, 3.05) is 26.2 Å². The van der Waals surface area contributed by atoms with Crippen molar-refractivity contribution in [3.8, 4) is 11.1 Å². The van der Waals surface area contributed by atoms with Gasteiger partial charge >= 0.3 is 0 Å². The van der Waals surface area contributed by atoms with Crippen molar-refractivity contribution in [3.05, 3.63) is 82.6 Å². The predicted molar refractivity (Wildman–Crippen MR) is 122 cm³/mol. The monoisotopic (exact) mass is 431 g/mol. The fourth-order valence-electron chi connectivity index (χ4n) is 4.46. The second-order valence-electron chi connectivity index (χ2n) is 8.23. The summed E-state index contributed by atoms with van der Waals surface area (Å²) in [4.78, 5) is 31.6. The molecule has 5 rings (SSSR count). The number of hydrogen-bond acceptors (Lipinski definition) is 4. The molecule has 2 aromatic carbocycles. The summed E-state index contributed by atoms with van der Waals surface area (Å²) in [5.41, 5.74) is 4.72. The molecule has 0 spiro atoms. The Kier molecular flexibility index (Phi) is 5.57. The van der Waals surface area contributed by atoms with Crippen molar-refractivity contribution in [2.24, 2.45) is 0 Å². The largest absolute Gasteiger partial charge is 0.327 e. The Morgan fingerprint density at radius 3 is 2.35 bits per heavy atom. The Balaban J connectivity index is 1.25. The summed E-state index contributed by atoms with van der Waals surface area (Å²) in [6.07, 6.45) is 0. The summed E-state index contributed by atoms with van der Waals surface area (Å²) in [6.45, 7) is 3.48. The summed E-state index contributed by atoms with van der Waals surface area (Å²) < 4.78 is 0. The number of rotatable bonds is 5. The Morgan fingerprint density at radius 2 is 1.61 bits per heavy atom. The van der Waals surface area contributed by atoms with Crippen LogP contribution in [0.5, 0.6) is 0 Å². The zero-order chi connectivity index (χ0) is 21.2. The van der Waals surface area contributed by atoms with E-state index in [1.165, 1.54) is 16.7 Å². The molecule has 3 aromatic rings. The maximum atomic E-state index is 13.1. The lowest BCUT2D eigenvalue weighted by Gasteiger charge is -2.46. The van der Waals surface area contributed by atoms with Gasteiger partial charge in [0, 0.05) is 32.7 Å². The lowest BCUT2D eigenvalue weighted by molar-refractivity contribution is -0.160. The smallest absolute Gasteiger partial charge is 0.247 e. The zero-order valence-corrected chi connectivity index (χ0v) is 18.1. The number of carbonyl (C=O) groups excluding carboxylic acids is 2. The molecule has 31 heavy (non-hydrogen) atoms. The second-order valence-corrected chi connectivity index (χ2v) is 9.01. The van der Waals surface area contributed by atoms with Crippen LogP contribution in [0, 0.1) is 0 Å². The van der Waals surface area contributed by atoms with Crippen LogP contribution in [0.3, 0.4) is 0 Å². The Morgan fingerprint density at radius 1 is 0.839 bits per heavy atom. The first kappa shape index (κ1) is 20.0. The lowest BCUT2D eigenvalue weighted by atomic mass is 10.0. The van der Waals surface area contributed by atoms with E-state index in [1.54, 1.807) is 21.1 Å². The third-order valence-corrected chi connectivity index (χ3v) is 6.86. The maximum Gasteiger partial charge on any atom is 0.247 e. The number of carbonyl (C=O) groups is 2. The molecule has 2 aliphatic rings. The number of nitrogens with zero attached hydrogens (tertiary/aromatic N) is 3. The average Bonchev–Trinajstić information content (AvgIpc) is 3.31. The zero-order valence-electron chi connectivity index (χ0n) is 17.3. The molecule has 3 heterocycles. The molecule has 2 aliphatic heterocycles. The average molecular weight is 432 g/mol. The Hall–Kier alpha value is -2.96. The van der Waals surface area contributed by atoms with E-state index in [9.17, 15) is 9.59 Å². The summed E-state index contributed by atoms with van der Waals surface area (Å²) in [5, 5.41) is 4.04. The van der Waals surface area contributed by atoms with Crippen LogP contribution in [-0.4, -0.2) is 58.7 Å². The van der Waals surface area contributed by atoms with E-state index in [1.807, 2.05) is 35.0 Å². The van der Waals surface area contributed by atoms with Crippen LogP contribution in [0.25, 0.3) is 11.1 Å². The molecule has 0 bridgehead atoms. The van der Waals surface area contributed by atoms with Gasteiger partial charge in [0.25, 0.3) is 0 Å². The Bertz CT molecular complexity index is 1050. The van der Waals surface area contributed by atoms with Gasteiger partial charge in [-0.1, -0.05) is 54.6 Å². The normalized spacial score (nSPS) is 19.5. The fourth-order valence-corrected chi connectivity index (χ4v) is 5.12. The van der Waals surface area contributed by atoms with Crippen molar-refractivity contribution in [2.45, 2.75) is 19.1 Å². The number of fused-ring (bicyclic) bond motifs is 1. The van der Waals surface area contributed by atoms with Crippen molar-refractivity contribution >= 4 is 23.2 Å². The maximum absolute atomic E-state index is 13.1. The van der Waals surface area contributed by atoms with E-state index in [0.29, 0.717) is 19.6 Å². The van der Waals surface area contributed by atoms with Gasteiger partial charge in [0.2, 0.25) is 11.8 Å². The first-order valence-electron chi connectivity index (χ1n) is 10.6. The molecule has 5 nitrogen and oxygen atoms in total. The van der Waals surface area contributed by atoms with E-state index >= 15 is 0 Å². The second kappa shape index (κ2) is 8.65. The van der Waals surface area contributed by atoms with Crippen LogP contribution in [0.4, 0.5) is 0 Å². The third kappa shape index (κ3) is 4.27. The van der Waals surface area contributed by atoms with Crippen LogP contribution in [0.15, 0.2) is 71.4 Å². The van der Waals surface area contributed by atoms with Crippen molar-refractivity contribution in [3.63, 3.8) is 0 Å². The van der Waals surface area contributed by atoms with Gasteiger partial charge in [-0.15, -0.1) is 0 Å². The summed E-state index contributed by atoms with van der Waals surface area (Å²) in [7, 11) is 0. The summed E-state index contributed by atoms with van der Waals surface area (Å²) in [5.74, 6) is 0.126. The number of amides is 2. The highest BCUT2D eigenvalue weighted by Crippen LogP contribution is 2.23. The minimum atomic E-state index is -0.378. The molecule has 158 valence electrons. The van der Waals surface area contributed by atoms with E-state index in [0.717, 1.165) is 18.7 Å². The van der Waals surface area contributed by atoms with Gasteiger partial charge in [0.15, 0.2) is 0 Å². The first-order chi connectivity index (χ1) is 15.2. The van der Waals surface area contributed by atoms with Crippen LogP contribution in [-0.2, 0) is 22.7 Å². The fraction of sp³-hybridized carbons (Fsp3) is 0.280. The van der Waals surface area contributed by atoms with Crippen LogP contribution in [0.1, 0.15) is 11.1 Å². The standard InChI is InChI=1S/C25H25N3O2S/c29-24-17-27(15-20-10-13-31-18-20)25(30)23-16-26(11-12-28(23)24)14-19-6-8-22(9-7-19)21-4-2-1-3-5-21/h1-10,13,18,23H,11-12,14-17H2. The number of benzene rings is 2. The minimum absolute atomic E-state index is 0.0618. The van der Waals surface area contributed by atoms with Gasteiger partial charge in [0.1, 0.15) is 12.6 Å². The van der Waals surface area contributed by atoms with Crippen LogP contribution < -0.4 is 0 Å². The molecule has 0 N–H and O–H groups in total. The number of piperazine rings is 2. The van der Waals surface area contributed by atoms with Crippen LogP contribution >= 0.6 is 11.3 Å². The third-order valence-electron chi connectivity index (χ3n) is 6.13. The van der Waals surface area contributed by atoms with Gasteiger partial charge in [-0.3, -0.25) is 14.5 Å².